The molecule has 0 spiro atoms. The van der Waals surface area contributed by atoms with Gasteiger partial charge >= 0.3 is 0 Å². The van der Waals surface area contributed by atoms with Crippen LogP contribution in [0.25, 0.3) is 10.9 Å². The molecule has 0 saturated heterocycles. The highest BCUT2D eigenvalue weighted by Gasteiger charge is 2.13. The number of rotatable bonds is 2. The molecule has 1 heterocycles. The van der Waals surface area contributed by atoms with Gasteiger partial charge in [0, 0.05) is 15.8 Å². The van der Waals surface area contributed by atoms with Gasteiger partial charge in [0.05, 0.1) is 5.52 Å². The van der Waals surface area contributed by atoms with E-state index in [-0.39, 0.29) is 11.7 Å². The first-order valence-corrected chi connectivity index (χ1v) is 6.40. The Kier molecular flexibility index (Phi) is 3.29. The Morgan fingerprint density at radius 1 is 1.24 bits per heavy atom. The van der Waals surface area contributed by atoms with Crippen LogP contribution < -0.4 is 0 Å². The summed E-state index contributed by atoms with van der Waals surface area (Å²) in [6.07, 6.45) is 0. The number of halogens is 1. The van der Waals surface area contributed by atoms with E-state index in [1.165, 1.54) is 5.56 Å². The molecular formula is C14H14BrNO. The molecule has 0 bridgehead atoms. The number of benzene rings is 1. The zero-order valence-corrected chi connectivity index (χ0v) is 11.7. The lowest BCUT2D eigenvalue weighted by Crippen LogP contribution is -2.09. The summed E-state index contributed by atoms with van der Waals surface area (Å²) in [5.74, 6) is 0.0671. The normalized spacial score (nSPS) is 11.1. The minimum absolute atomic E-state index is 0.0196. The Bertz CT molecular complexity index is 590. The summed E-state index contributed by atoms with van der Waals surface area (Å²) in [5.41, 5.74) is 2.57. The van der Waals surface area contributed by atoms with Crippen molar-refractivity contribution in [3.05, 3.63) is 40.0 Å². The van der Waals surface area contributed by atoms with E-state index in [0.29, 0.717) is 5.69 Å². The number of Topliss-reactive ketones (excluding diaryl/α,β-unsaturated/α-hetero) is 1. The number of pyridine rings is 1. The van der Waals surface area contributed by atoms with E-state index < -0.39 is 0 Å². The highest BCUT2D eigenvalue weighted by Crippen LogP contribution is 2.26. The average Bonchev–Trinajstić information content (AvgIpc) is 2.32. The largest absolute Gasteiger partial charge is 0.292 e. The Labute approximate surface area is 109 Å². The van der Waals surface area contributed by atoms with Gasteiger partial charge in [0.15, 0.2) is 5.78 Å². The van der Waals surface area contributed by atoms with Crippen LogP contribution in [0.4, 0.5) is 0 Å². The Morgan fingerprint density at radius 3 is 2.59 bits per heavy atom. The molecule has 0 radical (unpaired) electrons. The van der Waals surface area contributed by atoms with Gasteiger partial charge in [-0.25, -0.2) is 4.98 Å². The van der Waals surface area contributed by atoms with Crippen molar-refractivity contribution in [3.63, 3.8) is 0 Å². The first-order chi connectivity index (χ1) is 8.00. The van der Waals surface area contributed by atoms with Gasteiger partial charge in [-0.15, -0.1) is 0 Å². The van der Waals surface area contributed by atoms with Crippen LogP contribution in [-0.4, -0.2) is 10.8 Å². The van der Waals surface area contributed by atoms with Crippen molar-refractivity contribution < 1.29 is 4.79 Å². The molecular weight excluding hydrogens is 278 g/mol. The van der Waals surface area contributed by atoms with Gasteiger partial charge < -0.3 is 0 Å². The fourth-order valence-electron chi connectivity index (χ4n) is 1.71. The zero-order chi connectivity index (χ0) is 12.6. The zero-order valence-electron chi connectivity index (χ0n) is 10.1. The number of ketones is 1. The second kappa shape index (κ2) is 4.57. The fourth-order valence-corrected chi connectivity index (χ4v) is 2.18. The lowest BCUT2D eigenvalue weighted by atomic mass is 10.0. The number of aryl methyl sites for hydroxylation is 1. The van der Waals surface area contributed by atoms with Crippen molar-refractivity contribution in [1.29, 1.82) is 0 Å². The van der Waals surface area contributed by atoms with E-state index in [0.717, 1.165) is 15.4 Å². The first kappa shape index (κ1) is 12.2. The minimum atomic E-state index is -0.0196. The standard InChI is InChI=1S/C14H14BrNO/c1-8(2)14(17)12-7-5-10-11(16-12)6-4-9(3)13(10)15/h4-8H,1-3H3. The van der Waals surface area contributed by atoms with Gasteiger partial charge in [-0.1, -0.05) is 19.9 Å². The van der Waals surface area contributed by atoms with Crippen molar-refractivity contribution >= 4 is 32.6 Å². The van der Waals surface area contributed by atoms with Crippen LogP contribution in [0.2, 0.25) is 0 Å². The Hall–Kier alpha value is -1.22. The molecule has 1 aromatic heterocycles. The number of fused-ring (bicyclic) bond motifs is 1. The second-order valence-corrected chi connectivity index (χ2v) is 5.27. The molecule has 0 saturated carbocycles. The van der Waals surface area contributed by atoms with Crippen LogP contribution in [0, 0.1) is 12.8 Å². The topological polar surface area (TPSA) is 30.0 Å². The van der Waals surface area contributed by atoms with Crippen molar-refractivity contribution in [2.75, 3.05) is 0 Å². The van der Waals surface area contributed by atoms with Crippen LogP contribution >= 0.6 is 15.9 Å². The Morgan fingerprint density at radius 2 is 1.94 bits per heavy atom. The third-order valence-corrected chi connectivity index (χ3v) is 3.83. The summed E-state index contributed by atoms with van der Waals surface area (Å²) in [5, 5.41) is 1.05. The van der Waals surface area contributed by atoms with Crippen molar-refractivity contribution in [1.82, 2.24) is 4.98 Å². The van der Waals surface area contributed by atoms with Crippen LogP contribution in [-0.2, 0) is 0 Å². The van der Waals surface area contributed by atoms with Gasteiger partial charge in [0.1, 0.15) is 5.69 Å². The summed E-state index contributed by atoms with van der Waals surface area (Å²) in [4.78, 5) is 16.3. The quantitative estimate of drug-likeness (QED) is 0.778. The maximum Gasteiger partial charge on any atom is 0.183 e. The van der Waals surface area contributed by atoms with Crippen molar-refractivity contribution in [3.8, 4) is 0 Å². The smallest absolute Gasteiger partial charge is 0.183 e. The maximum atomic E-state index is 11.9. The minimum Gasteiger partial charge on any atom is -0.292 e. The molecule has 88 valence electrons. The predicted octanol–water partition coefficient (Wildman–Crippen LogP) is 4.14. The van der Waals surface area contributed by atoms with Gasteiger partial charge in [0.25, 0.3) is 0 Å². The van der Waals surface area contributed by atoms with E-state index in [9.17, 15) is 4.79 Å². The predicted molar refractivity (Wildman–Crippen MR) is 73.3 cm³/mol. The summed E-state index contributed by atoms with van der Waals surface area (Å²) in [6, 6.07) is 7.71. The maximum absolute atomic E-state index is 11.9. The van der Waals surface area contributed by atoms with Crippen LogP contribution in [0.3, 0.4) is 0 Å². The molecule has 0 fully saturated rings. The van der Waals surface area contributed by atoms with Gasteiger partial charge in [-0.2, -0.15) is 0 Å². The number of carbonyl (C=O) groups excluding carboxylic acids is 1. The molecule has 0 unspecified atom stereocenters. The molecule has 0 aliphatic heterocycles. The number of hydrogen-bond donors (Lipinski definition) is 0. The Balaban J connectivity index is 2.60. The summed E-state index contributed by atoms with van der Waals surface area (Å²) < 4.78 is 1.05. The number of hydrogen-bond acceptors (Lipinski definition) is 2. The summed E-state index contributed by atoms with van der Waals surface area (Å²) >= 11 is 3.55. The molecule has 1 aromatic carbocycles. The fraction of sp³-hybridized carbons (Fsp3) is 0.286. The van der Waals surface area contributed by atoms with Gasteiger partial charge in [-0.3, -0.25) is 4.79 Å². The van der Waals surface area contributed by atoms with Crippen molar-refractivity contribution in [2.24, 2.45) is 5.92 Å². The molecule has 2 nitrogen and oxygen atoms in total. The molecule has 0 amide bonds. The molecule has 2 rings (SSSR count). The number of nitrogens with zero attached hydrogens (tertiary/aromatic N) is 1. The second-order valence-electron chi connectivity index (χ2n) is 4.48. The highest BCUT2D eigenvalue weighted by molar-refractivity contribution is 9.10. The molecule has 0 aliphatic rings. The molecule has 3 heteroatoms. The van der Waals surface area contributed by atoms with E-state index >= 15 is 0 Å². The van der Waals surface area contributed by atoms with Gasteiger partial charge in [0.2, 0.25) is 0 Å². The third-order valence-electron chi connectivity index (χ3n) is 2.78. The SMILES string of the molecule is Cc1ccc2nc(C(=O)C(C)C)ccc2c1Br. The summed E-state index contributed by atoms with van der Waals surface area (Å²) in [6.45, 7) is 5.81. The summed E-state index contributed by atoms with van der Waals surface area (Å²) in [7, 11) is 0. The van der Waals surface area contributed by atoms with Gasteiger partial charge in [-0.05, 0) is 46.6 Å². The van der Waals surface area contributed by atoms with Crippen molar-refractivity contribution in [2.45, 2.75) is 20.8 Å². The number of carbonyl (C=O) groups is 1. The van der Waals surface area contributed by atoms with Crippen LogP contribution in [0.1, 0.15) is 29.9 Å². The van der Waals surface area contributed by atoms with E-state index in [4.69, 9.17) is 0 Å². The number of aromatic nitrogens is 1. The molecule has 0 atom stereocenters. The lowest BCUT2D eigenvalue weighted by Gasteiger charge is -2.07. The molecule has 2 aromatic rings. The molecule has 0 N–H and O–H groups in total. The van der Waals surface area contributed by atoms with E-state index in [1.54, 1.807) is 6.07 Å². The first-order valence-electron chi connectivity index (χ1n) is 5.61. The van der Waals surface area contributed by atoms with E-state index in [1.807, 2.05) is 39.0 Å². The van der Waals surface area contributed by atoms with Crippen LogP contribution in [0.5, 0.6) is 0 Å². The highest BCUT2D eigenvalue weighted by atomic mass is 79.9. The van der Waals surface area contributed by atoms with E-state index in [2.05, 4.69) is 20.9 Å². The van der Waals surface area contributed by atoms with Crippen LogP contribution in [0.15, 0.2) is 28.7 Å². The average molecular weight is 292 g/mol. The lowest BCUT2D eigenvalue weighted by molar-refractivity contribution is 0.0935. The molecule has 0 aliphatic carbocycles. The monoisotopic (exact) mass is 291 g/mol. The third kappa shape index (κ3) is 2.25. The molecule has 17 heavy (non-hydrogen) atoms.